The quantitative estimate of drug-likeness (QED) is 0.487. The summed E-state index contributed by atoms with van der Waals surface area (Å²) in [6.45, 7) is 2.05. The van der Waals surface area contributed by atoms with Gasteiger partial charge in [0.15, 0.2) is 0 Å². The van der Waals surface area contributed by atoms with Gasteiger partial charge in [-0.25, -0.2) is 0 Å². The molecule has 0 amide bonds. The first-order valence-corrected chi connectivity index (χ1v) is 3.69. The molecule has 3 saturated carbocycles. The Labute approximate surface area is 52.7 Å². The average molecular weight is 111 g/mol. The van der Waals surface area contributed by atoms with E-state index in [2.05, 4.69) is 0 Å². The van der Waals surface area contributed by atoms with Crippen molar-refractivity contribution >= 4 is 0 Å². The standard InChI is InChI=1S/C8H14/c1-2-7-3-6-4-8(7)5-6/h6-8H,2-5H2,1H3/i2D. The highest BCUT2D eigenvalue weighted by atomic mass is 14.5. The highest BCUT2D eigenvalue weighted by Crippen LogP contribution is 2.53. The van der Waals surface area contributed by atoms with Gasteiger partial charge < -0.3 is 0 Å². The minimum absolute atomic E-state index is 0.211. The van der Waals surface area contributed by atoms with E-state index in [1.54, 1.807) is 0 Å². The Bertz CT molecular complexity index is 114. The van der Waals surface area contributed by atoms with Crippen molar-refractivity contribution < 1.29 is 1.37 Å². The van der Waals surface area contributed by atoms with Gasteiger partial charge in [0.25, 0.3) is 0 Å². The van der Waals surface area contributed by atoms with Gasteiger partial charge in [0.1, 0.15) is 0 Å². The molecule has 0 aliphatic heterocycles. The molecule has 3 fully saturated rings. The van der Waals surface area contributed by atoms with Crippen molar-refractivity contribution in [1.82, 2.24) is 0 Å². The first-order valence-electron chi connectivity index (χ1n) is 4.27. The van der Waals surface area contributed by atoms with Gasteiger partial charge >= 0.3 is 0 Å². The van der Waals surface area contributed by atoms with Gasteiger partial charge in [-0.15, -0.1) is 0 Å². The van der Waals surface area contributed by atoms with Crippen molar-refractivity contribution in [2.24, 2.45) is 17.8 Å². The van der Waals surface area contributed by atoms with Crippen LogP contribution in [0.1, 0.15) is 34.0 Å². The SMILES string of the molecule is [2H]C(C)C1CC2CC1C2. The van der Waals surface area contributed by atoms with E-state index in [0.717, 1.165) is 17.8 Å². The van der Waals surface area contributed by atoms with Crippen LogP contribution >= 0.6 is 0 Å². The maximum Gasteiger partial charge on any atom is 0.0267 e. The Balaban J connectivity index is 2.00. The van der Waals surface area contributed by atoms with Gasteiger partial charge in [-0.2, -0.15) is 0 Å². The maximum atomic E-state index is 7.53. The van der Waals surface area contributed by atoms with E-state index >= 15 is 0 Å². The molecule has 2 bridgehead atoms. The Morgan fingerprint density at radius 2 is 2.25 bits per heavy atom. The number of hydrogen-bond acceptors (Lipinski definition) is 0. The predicted molar refractivity (Wildman–Crippen MR) is 34.6 cm³/mol. The normalized spacial score (nSPS) is 57.1. The van der Waals surface area contributed by atoms with E-state index in [9.17, 15) is 0 Å². The highest BCUT2D eigenvalue weighted by Gasteiger charge is 2.42. The average Bonchev–Trinajstić information content (AvgIpc) is 2.12. The first-order chi connectivity index (χ1) is 4.27. The molecule has 0 spiro atoms. The van der Waals surface area contributed by atoms with Crippen LogP contribution in [0.25, 0.3) is 0 Å². The third-order valence-corrected chi connectivity index (χ3v) is 2.91. The number of fused-ring (bicyclic) bond motifs is 1. The summed E-state index contributed by atoms with van der Waals surface area (Å²) in [5.74, 6) is 2.77. The molecule has 0 heterocycles. The second-order valence-corrected chi connectivity index (χ2v) is 3.33. The van der Waals surface area contributed by atoms with Crippen molar-refractivity contribution in [3.63, 3.8) is 0 Å². The van der Waals surface area contributed by atoms with Crippen LogP contribution in [0.3, 0.4) is 0 Å². The lowest BCUT2D eigenvalue weighted by atomic mass is 9.82. The van der Waals surface area contributed by atoms with E-state index in [0.29, 0.717) is 0 Å². The summed E-state index contributed by atoms with van der Waals surface area (Å²) >= 11 is 0. The summed E-state index contributed by atoms with van der Waals surface area (Å²) in [5.41, 5.74) is 0. The van der Waals surface area contributed by atoms with Crippen LogP contribution in [0.15, 0.2) is 0 Å². The molecule has 0 heteroatoms. The Morgan fingerprint density at radius 1 is 1.50 bits per heavy atom. The van der Waals surface area contributed by atoms with Crippen LogP contribution < -0.4 is 0 Å². The van der Waals surface area contributed by atoms with Gasteiger partial charge in [0, 0.05) is 1.37 Å². The van der Waals surface area contributed by atoms with Crippen molar-refractivity contribution in [3.8, 4) is 0 Å². The fraction of sp³-hybridized carbons (Fsp3) is 1.00. The molecule has 8 heavy (non-hydrogen) atoms. The van der Waals surface area contributed by atoms with Crippen LogP contribution in [0.4, 0.5) is 0 Å². The van der Waals surface area contributed by atoms with E-state index in [4.69, 9.17) is 1.37 Å². The third-order valence-electron chi connectivity index (χ3n) is 2.91. The molecule has 0 nitrogen and oxygen atoms in total. The van der Waals surface area contributed by atoms with Crippen molar-refractivity contribution in [2.45, 2.75) is 32.6 Å². The minimum atomic E-state index is 0.211. The zero-order valence-corrected chi connectivity index (χ0v) is 5.43. The first kappa shape index (κ1) is 3.92. The van der Waals surface area contributed by atoms with Gasteiger partial charge in [-0.3, -0.25) is 0 Å². The van der Waals surface area contributed by atoms with Gasteiger partial charge in [-0.05, 0) is 37.0 Å². The number of hydrogen-bond donors (Lipinski definition) is 0. The smallest absolute Gasteiger partial charge is 0.0267 e. The zero-order valence-electron chi connectivity index (χ0n) is 6.43. The summed E-state index contributed by atoms with van der Waals surface area (Å²) in [4.78, 5) is 0. The highest BCUT2D eigenvalue weighted by molar-refractivity contribution is 4.93. The summed E-state index contributed by atoms with van der Waals surface area (Å²) in [6, 6.07) is 0. The molecule has 0 radical (unpaired) electrons. The van der Waals surface area contributed by atoms with Gasteiger partial charge in [0.05, 0.1) is 0 Å². The fourth-order valence-electron chi connectivity index (χ4n) is 2.31. The second kappa shape index (κ2) is 1.49. The third kappa shape index (κ3) is 0.463. The molecule has 0 aromatic rings. The van der Waals surface area contributed by atoms with Gasteiger partial charge in [-0.1, -0.05) is 13.3 Å². The lowest BCUT2D eigenvalue weighted by Gasteiger charge is -2.23. The van der Waals surface area contributed by atoms with Crippen LogP contribution in [0.2, 0.25) is 0 Å². The molecular weight excluding hydrogens is 96.1 g/mol. The van der Waals surface area contributed by atoms with E-state index in [1.165, 1.54) is 19.3 Å². The molecule has 0 aromatic carbocycles. The molecular formula is C8H14. The maximum absolute atomic E-state index is 7.53. The molecule has 3 aliphatic rings. The van der Waals surface area contributed by atoms with Crippen LogP contribution in [-0.2, 0) is 0 Å². The topological polar surface area (TPSA) is 0 Å². The summed E-state index contributed by atoms with van der Waals surface area (Å²) in [6.07, 6.45) is 4.49. The molecule has 2 atom stereocenters. The molecule has 3 aliphatic carbocycles. The lowest BCUT2D eigenvalue weighted by Crippen LogP contribution is -2.13. The van der Waals surface area contributed by atoms with Crippen LogP contribution in [0.5, 0.6) is 0 Å². The molecule has 3 rings (SSSR count). The van der Waals surface area contributed by atoms with Crippen molar-refractivity contribution in [3.05, 3.63) is 0 Å². The molecule has 0 aromatic heterocycles. The Morgan fingerprint density at radius 3 is 2.50 bits per heavy atom. The van der Waals surface area contributed by atoms with Crippen molar-refractivity contribution in [1.29, 1.82) is 0 Å². The Kier molecular flexibility index (Phi) is 0.731. The van der Waals surface area contributed by atoms with E-state index < -0.39 is 0 Å². The molecule has 0 N–H and O–H groups in total. The van der Waals surface area contributed by atoms with Crippen molar-refractivity contribution in [2.75, 3.05) is 0 Å². The number of rotatable bonds is 1. The summed E-state index contributed by atoms with van der Waals surface area (Å²) in [7, 11) is 0. The van der Waals surface area contributed by atoms with E-state index in [1.807, 2.05) is 6.92 Å². The Hall–Kier alpha value is 0. The second-order valence-electron chi connectivity index (χ2n) is 3.33. The van der Waals surface area contributed by atoms with Crippen LogP contribution in [0, 0.1) is 17.8 Å². The molecule has 0 saturated heterocycles. The lowest BCUT2D eigenvalue weighted by molar-refractivity contribution is 0.272. The van der Waals surface area contributed by atoms with E-state index in [-0.39, 0.29) is 6.40 Å². The molecule has 46 valence electrons. The van der Waals surface area contributed by atoms with Gasteiger partial charge in [0.2, 0.25) is 0 Å². The largest absolute Gasteiger partial charge is 0.0651 e. The predicted octanol–water partition coefficient (Wildman–Crippen LogP) is 2.44. The molecule has 2 unspecified atom stereocenters. The zero-order chi connectivity index (χ0) is 6.43. The summed E-state index contributed by atoms with van der Waals surface area (Å²) in [5, 5.41) is 0. The minimum Gasteiger partial charge on any atom is -0.0651 e. The fourth-order valence-corrected chi connectivity index (χ4v) is 2.31. The van der Waals surface area contributed by atoms with Crippen LogP contribution in [-0.4, -0.2) is 0 Å². The monoisotopic (exact) mass is 111 g/mol. The summed E-state index contributed by atoms with van der Waals surface area (Å²) < 4.78 is 7.53.